The van der Waals surface area contributed by atoms with Crippen molar-refractivity contribution in [2.75, 3.05) is 18.5 Å². The van der Waals surface area contributed by atoms with Gasteiger partial charge in [0.15, 0.2) is 17.5 Å². The van der Waals surface area contributed by atoms with Crippen molar-refractivity contribution in [1.82, 2.24) is 15.1 Å². The molecule has 3 N–H and O–H groups in total. The van der Waals surface area contributed by atoms with Crippen LogP contribution in [-0.4, -0.2) is 45.2 Å². The van der Waals surface area contributed by atoms with Gasteiger partial charge in [-0.2, -0.15) is 5.10 Å². The molecule has 0 aliphatic carbocycles. The molecule has 176 valence electrons. The number of unbranched alkanes of at least 4 members (excludes halogenated alkanes) is 1. The lowest BCUT2D eigenvalue weighted by Crippen LogP contribution is -2.32. The van der Waals surface area contributed by atoms with E-state index < -0.39 is 17.5 Å². The third-order valence-electron chi connectivity index (χ3n) is 4.64. The van der Waals surface area contributed by atoms with E-state index in [4.69, 9.17) is 16.7 Å². The molecule has 0 saturated heterocycles. The van der Waals surface area contributed by atoms with Gasteiger partial charge in [-0.3, -0.25) is 14.7 Å². The Morgan fingerprint density at radius 1 is 1.09 bits per heavy atom. The zero-order chi connectivity index (χ0) is 23.1. The van der Waals surface area contributed by atoms with Crippen molar-refractivity contribution in [3.8, 4) is 0 Å². The maximum atomic E-state index is 13.5. The molecule has 33 heavy (non-hydrogen) atoms. The number of halogens is 4. The van der Waals surface area contributed by atoms with Crippen molar-refractivity contribution >= 4 is 41.6 Å². The van der Waals surface area contributed by atoms with Crippen LogP contribution in [0.15, 0.2) is 48.5 Å². The largest absolute Gasteiger partial charge is 0.396 e. The molecule has 0 atom stereocenters. The van der Waals surface area contributed by atoms with Crippen LogP contribution in [0.2, 0.25) is 5.02 Å². The van der Waals surface area contributed by atoms with Gasteiger partial charge in [0.2, 0.25) is 0 Å². The summed E-state index contributed by atoms with van der Waals surface area (Å²) < 4.78 is 26.7. The van der Waals surface area contributed by atoms with Gasteiger partial charge in [-0.1, -0.05) is 41.9 Å². The maximum Gasteiger partial charge on any atom is 0.272 e. The van der Waals surface area contributed by atoms with Crippen molar-refractivity contribution in [2.45, 2.75) is 19.4 Å². The summed E-state index contributed by atoms with van der Waals surface area (Å²) in [4.78, 5) is 27.0. The molecule has 0 bridgehead atoms. The molecule has 0 aliphatic rings. The van der Waals surface area contributed by atoms with E-state index in [9.17, 15) is 18.4 Å². The number of aromatic nitrogens is 2. The highest BCUT2D eigenvalue weighted by Crippen LogP contribution is 2.21. The van der Waals surface area contributed by atoms with E-state index >= 15 is 0 Å². The number of rotatable bonds is 9. The number of carbonyl (C=O) groups excluding carboxylic acids is 2. The number of hydrogen-bond acceptors (Lipinski definition) is 4. The minimum atomic E-state index is -1.21. The second-order valence-corrected chi connectivity index (χ2v) is 7.42. The lowest BCUT2D eigenvalue weighted by Gasteiger charge is -2.22. The standard InChI is InChI=1S/C22H21ClF2N4O3.ClH/c23-16-11-18(25)17(24)10-15(16)21(31)26-20-12-19(27-28-20)22(32)29(8-4-5-9-30)13-14-6-2-1-3-7-14;/h1-3,6-7,10-12,30H,4-5,8-9,13H2,(H2,26,27,28,31);1H. The van der Waals surface area contributed by atoms with Gasteiger partial charge in [0.25, 0.3) is 11.8 Å². The first-order valence-electron chi connectivity index (χ1n) is 9.84. The number of amides is 2. The van der Waals surface area contributed by atoms with Gasteiger partial charge in [-0.15, -0.1) is 12.4 Å². The number of hydrogen-bond donors (Lipinski definition) is 3. The lowest BCUT2D eigenvalue weighted by molar-refractivity contribution is 0.0731. The van der Waals surface area contributed by atoms with Gasteiger partial charge in [-0.05, 0) is 30.5 Å². The molecule has 0 aliphatic heterocycles. The Hall–Kier alpha value is -3.01. The van der Waals surface area contributed by atoms with Crippen molar-refractivity contribution < 1.29 is 23.5 Å². The van der Waals surface area contributed by atoms with E-state index in [0.29, 0.717) is 38.1 Å². The first kappa shape index (κ1) is 26.2. The number of benzene rings is 2. The second-order valence-electron chi connectivity index (χ2n) is 7.01. The normalized spacial score (nSPS) is 10.4. The quantitative estimate of drug-likeness (QED) is 0.300. The molecular formula is C22H22Cl2F2N4O3. The summed E-state index contributed by atoms with van der Waals surface area (Å²) >= 11 is 5.82. The summed E-state index contributed by atoms with van der Waals surface area (Å²) in [5.74, 6) is -3.50. The number of aromatic amines is 1. The minimum Gasteiger partial charge on any atom is -0.396 e. The fourth-order valence-corrected chi connectivity index (χ4v) is 3.25. The fourth-order valence-electron chi connectivity index (χ4n) is 3.02. The molecule has 0 fully saturated rings. The Kier molecular flexibility index (Phi) is 9.77. The fraction of sp³-hybridized carbons (Fsp3) is 0.227. The SMILES string of the molecule is Cl.O=C(Nc1cc(C(=O)N(CCCCO)Cc2ccccc2)[nH]n1)c1cc(F)c(F)cc1Cl. The number of aliphatic hydroxyl groups excluding tert-OH is 1. The summed E-state index contributed by atoms with van der Waals surface area (Å²) in [6, 6.07) is 12.2. The van der Waals surface area contributed by atoms with Crippen LogP contribution in [0.3, 0.4) is 0 Å². The van der Waals surface area contributed by atoms with Crippen molar-refractivity contribution in [3.63, 3.8) is 0 Å². The van der Waals surface area contributed by atoms with Crippen LogP contribution in [0.1, 0.15) is 39.3 Å². The first-order chi connectivity index (χ1) is 15.4. The average molecular weight is 499 g/mol. The lowest BCUT2D eigenvalue weighted by atomic mass is 10.2. The Labute approximate surface area is 200 Å². The van der Waals surface area contributed by atoms with E-state index in [1.54, 1.807) is 4.90 Å². The van der Waals surface area contributed by atoms with E-state index in [1.165, 1.54) is 6.07 Å². The Balaban J connectivity index is 0.00000385. The van der Waals surface area contributed by atoms with E-state index in [2.05, 4.69) is 15.5 Å². The predicted molar refractivity (Wildman–Crippen MR) is 123 cm³/mol. The topological polar surface area (TPSA) is 98.3 Å². The highest BCUT2D eigenvalue weighted by Gasteiger charge is 2.20. The summed E-state index contributed by atoms with van der Waals surface area (Å²) in [6.07, 6.45) is 1.17. The second kappa shape index (κ2) is 12.3. The molecule has 0 saturated carbocycles. The van der Waals surface area contributed by atoms with Crippen LogP contribution < -0.4 is 5.32 Å². The molecule has 2 aromatic carbocycles. The first-order valence-corrected chi connectivity index (χ1v) is 10.2. The van der Waals surface area contributed by atoms with Gasteiger partial charge in [0.1, 0.15) is 5.69 Å². The van der Waals surface area contributed by atoms with Gasteiger partial charge < -0.3 is 15.3 Å². The Bertz CT molecular complexity index is 1100. The maximum absolute atomic E-state index is 13.5. The molecule has 2 amide bonds. The Morgan fingerprint density at radius 2 is 1.79 bits per heavy atom. The van der Waals surface area contributed by atoms with Gasteiger partial charge in [0.05, 0.1) is 10.6 Å². The molecule has 7 nitrogen and oxygen atoms in total. The van der Waals surface area contributed by atoms with Crippen molar-refractivity contribution in [3.05, 3.63) is 82.0 Å². The summed E-state index contributed by atoms with van der Waals surface area (Å²) in [5.41, 5.74) is 0.804. The van der Waals surface area contributed by atoms with Crippen LogP contribution in [0.4, 0.5) is 14.6 Å². The predicted octanol–water partition coefficient (Wildman–Crippen LogP) is 4.43. The van der Waals surface area contributed by atoms with E-state index in [-0.39, 0.29) is 47.0 Å². The molecule has 11 heteroatoms. The number of H-pyrrole nitrogens is 1. The molecule has 1 aromatic heterocycles. The molecule has 0 unspecified atom stereocenters. The van der Waals surface area contributed by atoms with E-state index in [1.807, 2.05) is 30.3 Å². The molecule has 3 rings (SSSR count). The number of anilines is 1. The zero-order valence-electron chi connectivity index (χ0n) is 17.4. The highest BCUT2D eigenvalue weighted by atomic mass is 35.5. The van der Waals surface area contributed by atoms with Crippen LogP contribution in [0, 0.1) is 11.6 Å². The highest BCUT2D eigenvalue weighted by molar-refractivity contribution is 6.34. The van der Waals surface area contributed by atoms with Crippen LogP contribution >= 0.6 is 24.0 Å². The van der Waals surface area contributed by atoms with Gasteiger partial charge in [-0.25, -0.2) is 8.78 Å². The van der Waals surface area contributed by atoms with Crippen LogP contribution in [-0.2, 0) is 6.54 Å². The smallest absolute Gasteiger partial charge is 0.272 e. The van der Waals surface area contributed by atoms with E-state index in [0.717, 1.165) is 5.56 Å². The van der Waals surface area contributed by atoms with Crippen LogP contribution in [0.5, 0.6) is 0 Å². The van der Waals surface area contributed by atoms with Gasteiger partial charge >= 0.3 is 0 Å². The number of nitrogens with one attached hydrogen (secondary N) is 2. The minimum absolute atomic E-state index is 0. The van der Waals surface area contributed by atoms with Crippen LogP contribution in [0.25, 0.3) is 0 Å². The Morgan fingerprint density at radius 3 is 2.48 bits per heavy atom. The molecular weight excluding hydrogens is 477 g/mol. The summed E-state index contributed by atoms with van der Waals surface area (Å²) in [7, 11) is 0. The third kappa shape index (κ3) is 6.98. The third-order valence-corrected chi connectivity index (χ3v) is 4.96. The summed E-state index contributed by atoms with van der Waals surface area (Å²) in [5, 5.41) is 17.7. The molecule has 0 radical (unpaired) electrons. The molecule has 1 heterocycles. The number of aliphatic hydroxyl groups is 1. The molecule has 0 spiro atoms. The number of carbonyl (C=O) groups is 2. The number of nitrogens with zero attached hydrogens (tertiary/aromatic N) is 2. The van der Waals surface area contributed by atoms with Crippen molar-refractivity contribution in [2.24, 2.45) is 0 Å². The van der Waals surface area contributed by atoms with Gasteiger partial charge in [0, 0.05) is 25.8 Å². The van der Waals surface area contributed by atoms with Crippen molar-refractivity contribution in [1.29, 1.82) is 0 Å². The molecule has 3 aromatic rings. The monoisotopic (exact) mass is 498 g/mol. The zero-order valence-corrected chi connectivity index (χ0v) is 18.9. The average Bonchev–Trinajstić information content (AvgIpc) is 3.24. The summed E-state index contributed by atoms with van der Waals surface area (Å²) in [6.45, 7) is 0.801.